The van der Waals surface area contributed by atoms with Gasteiger partial charge >= 0.3 is 6.18 Å². The normalized spacial score (nSPS) is 19.4. The highest BCUT2D eigenvalue weighted by Crippen LogP contribution is 2.24. The zero-order valence-corrected chi connectivity index (χ0v) is 14.5. The highest BCUT2D eigenvalue weighted by molar-refractivity contribution is 7.15. The second kappa shape index (κ2) is 8.30. The van der Waals surface area contributed by atoms with Crippen LogP contribution in [0.25, 0.3) is 0 Å². The summed E-state index contributed by atoms with van der Waals surface area (Å²) >= 11 is 1.67. The van der Waals surface area contributed by atoms with Gasteiger partial charge in [-0.2, -0.15) is 13.2 Å². The first kappa shape index (κ1) is 18.5. The van der Waals surface area contributed by atoms with Crippen molar-refractivity contribution in [3.63, 3.8) is 0 Å². The van der Waals surface area contributed by atoms with E-state index in [0.29, 0.717) is 19.0 Å². The third-order valence-corrected chi connectivity index (χ3v) is 5.14. The van der Waals surface area contributed by atoms with E-state index in [9.17, 15) is 13.2 Å². The number of likely N-dealkylation sites (tertiary alicyclic amines) is 1. The molecule has 1 fully saturated rings. The van der Waals surface area contributed by atoms with E-state index < -0.39 is 12.7 Å². The monoisotopic (exact) mass is 350 g/mol. The van der Waals surface area contributed by atoms with Crippen LogP contribution in [0.1, 0.15) is 25.1 Å². The van der Waals surface area contributed by atoms with Crippen molar-refractivity contribution in [1.82, 2.24) is 15.2 Å². The summed E-state index contributed by atoms with van der Waals surface area (Å²) < 4.78 is 37.1. The van der Waals surface area contributed by atoms with Crippen LogP contribution in [-0.2, 0) is 6.54 Å². The number of thiazole rings is 1. The van der Waals surface area contributed by atoms with Gasteiger partial charge in [-0.05, 0) is 39.3 Å². The first-order chi connectivity index (χ1) is 10.9. The molecule has 4 nitrogen and oxygen atoms in total. The number of nitrogens with zero attached hydrogens (tertiary/aromatic N) is 3. The van der Waals surface area contributed by atoms with Gasteiger partial charge in [0.15, 0.2) is 5.13 Å². The lowest BCUT2D eigenvalue weighted by atomic mass is 10.1. The summed E-state index contributed by atoms with van der Waals surface area (Å²) in [6.45, 7) is 7.86. The highest BCUT2D eigenvalue weighted by Gasteiger charge is 2.34. The van der Waals surface area contributed by atoms with Crippen molar-refractivity contribution in [1.29, 1.82) is 0 Å². The Kier molecular flexibility index (Phi) is 6.67. The SMILES string of the molecule is CCN(CC)c1ncc(CNCC2CCN(CC(F)(F)F)C2)s1. The van der Waals surface area contributed by atoms with Crippen LogP contribution in [0, 0.1) is 5.92 Å². The molecule has 2 rings (SSSR count). The molecule has 0 aromatic carbocycles. The van der Waals surface area contributed by atoms with Gasteiger partial charge in [-0.15, -0.1) is 11.3 Å². The Bertz CT molecular complexity index is 474. The Labute approximate surface area is 139 Å². The molecule has 1 aromatic heterocycles. The van der Waals surface area contributed by atoms with Gasteiger partial charge in [0.2, 0.25) is 0 Å². The van der Waals surface area contributed by atoms with Crippen LogP contribution >= 0.6 is 11.3 Å². The van der Waals surface area contributed by atoms with Crippen LogP contribution in [0.4, 0.5) is 18.3 Å². The van der Waals surface area contributed by atoms with E-state index in [2.05, 4.69) is 29.0 Å². The lowest BCUT2D eigenvalue weighted by Crippen LogP contribution is -2.33. The minimum atomic E-state index is -4.09. The number of nitrogens with one attached hydrogen (secondary N) is 1. The van der Waals surface area contributed by atoms with Gasteiger partial charge in [0, 0.05) is 37.3 Å². The van der Waals surface area contributed by atoms with Gasteiger partial charge in [0.1, 0.15) is 0 Å². The fourth-order valence-corrected chi connectivity index (χ4v) is 3.90. The number of hydrogen-bond acceptors (Lipinski definition) is 5. The maximum absolute atomic E-state index is 12.4. The van der Waals surface area contributed by atoms with E-state index in [-0.39, 0.29) is 0 Å². The Morgan fingerprint density at radius 1 is 1.39 bits per heavy atom. The molecule has 8 heteroatoms. The molecular weight excluding hydrogens is 325 g/mol. The number of anilines is 1. The lowest BCUT2D eigenvalue weighted by Gasteiger charge is -2.18. The fourth-order valence-electron chi connectivity index (χ4n) is 2.90. The minimum Gasteiger partial charge on any atom is -0.349 e. The quantitative estimate of drug-likeness (QED) is 0.781. The number of halogens is 3. The number of hydrogen-bond donors (Lipinski definition) is 1. The summed E-state index contributed by atoms with van der Waals surface area (Å²) in [7, 11) is 0. The summed E-state index contributed by atoms with van der Waals surface area (Å²) in [6, 6.07) is 0. The largest absolute Gasteiger partial charge is 0.401 e. The van der Waals surface area contributed by atoms with Gasteiger partial charge < -0.3 is 10.2 Å². The summed E-state index contributed by atoms with van der Waals surface area (Å²) in [5, 5.41) is 4.39. The third-order valence-electron chi connectivity index (χ3n) is 4.08. The second-order valence-corrected chi connectivity index (χ2v) is 7.01. The van der Waals surface area contributed by atoms with Gasteiger partial charge in [-0.1, -0.05) is 0 Å². The molecule has 1 aliphatic rings. The Morgan fingerprint density at radius 3 is 2.78 bits per heavy atom. The molecule has 1 N–H and O–H groups in total. The molecule has 0 radical (unpaired) electrons. The van der Waals surface area contributed by atoms with Gasteiger partial charge in [-0.3, -0.25) is 4.90 Å². The highest BCUT2D eigenvalue weighted by atomic mass is 32.1. The molecule has 1 atom stereocenters. The second-order valence-electron chi connectivity index (χ2n) is 5.92. The first-order valence-electron chi connectivity index (χ1n) is 8.10. The van der Waals surface area contributed by atoms with E-state index in [1.807, 2.05) is 6.20 Å². The zero-order chi connectivity index (χ0) is 16.9. The summed E-state index contributed by atoms with van der Waals surface area (Å²) in [5.41, 5.74) is 0. The summed E-state index contributed by atoms with van der Waals surface area (Å²) in [5.74, 6) is 0.299. The molecule has 1 saturated heterocycles. The van der Waals surface area contributed by atoms with Crippen molar-refractivity contribution in [3.05, 3.63) is 11.1 Å². The number of alkyl halides is 3. The predicted octanol–water partition coefficient (Wildman–Crippen LogP) is 2.96. The van der Waals surface area contributed by atoms with Crippen LogP contribution < -0.4 is 10.2 Å². The fraction of sp³-hybridized carbons (Fsp3) is 0.800. The van der Waals surface area contributed by atoms with Crippen LogP contribution in [0.2, 0.25) is 0 Å². The Morgan fingerprint density at radius 2 is 2.13 bits per heavy atom. The zero-order valence-electron chi connectivity index (χ0n) is 13.7. The molecule has 2 heterocycles. The topological polar surface area (TPSA) is 31.4 Å². The third kappa shape index (κ3) is 5.93. The maximum Gasteiger partial charge on any atom is 0.401 e. The summed E-state index contributed by atoms with van der Waals surface area (Å²) in [6.07, 6.45) is -1.38. The van der Waals surface area contributed by atoms with Crippen molar-refractivity contribution < 1.29 is 13.2 Å². The molecule has 23 heavy (non-hydrogen) atoms. The molecule has 1 unspecified atom stereocenters. The average molecular weight is 350 g/mol. The van der Waals surface area contributed by atoms with E-state index in [0.717, 1.165) is 42.6 Å². The summed E-state index contributed by atoms with van der Waals surface area (Å²) in [4.78, 5) is 9.30. The van der Waals surface area contributed by atoms with Crippen LogP contribution in [-0.4, -0.2) is 55.3 Å². The van der Waals surface area contributed by atoms with Crippen LogP contribution in [0.5, 0.6) is 0 Å². The average Bonchev–Trinajstić information content (AvgIpc) is 3.09. The molecule has 0 amide bonds. The van der Waals surface area contributed by atoms with Gasteiger partial charge in [0.25, 0.3) is 0 Å². The minimum absolute atomic E-state index is 0.299. The molecule has 0 saturated carbocycles. The molecule has 132 valence electrons. The lowest BCUT2D eigenvalue weighted by molar-refractivity contribution is -0.143. The Hall–Kier alpha value is -0.860. The van der Waals surface area contributed by atoms with Crippen LogP contribution in [0.15, 0.2) is 6.20 Å². The number of aromatic nitrogens is 1. The molecular formula is C15H25F3N4S. The van der Waals surface area contributed by atoms with Gasteiger partial charge in [-0.25, -0.2) is 4.98 Å². The molecule has 0 bridgehead atoms. The molecule has 1 aliphatic heterocycles. The van der Waals surface area contributed by atoms with E-state index in [1.54, 1.807) is 11.3 Å². The van der Waals surface area contributed by atoms with Crippen molar-refractivity contribution in [2.75, 3.05) is 44.2 Å². The first-order valence-corrected chi connectivity index (χ1v) is 8.92. The van der Waals surface area contributed by atoms with E-state index in [1.165, 1.54) is 4.90 Å². The molecule has 0 aliphatic carbocycles. The van der Waals surface area contributed by atoms with Gasteiger partial charge in [0.05, 0.1) is 6.54 Å². The van der Waals surface area contributed by atoms with E-state index >= 15 is 0 Å². The number of rotatable bonds is 8. The van der Waals surface area contributed by atoms with Crippen molar-refractivity contribution in [3.8, 4) is 0 Å². The van der Waals surface area contributed by atoms with Crippen molar-refractivity contribution in [2.45, 2.75) is 33.0 Å². The maximum atomic E-state index is 12.4. The molecule has 0 spiro atoms. The van der Waals surface area contributed by atoms with Crippen molar-refractivity contribution >= 4 is 16.5 Å². The molecule has 1 aromatic rings. The standard InChI is InChI=1S/C15H25F3N4S/c1-3-22(4-2)14-20-9-13(23-14)8-19-7-12-5-6-21(10-12)11-15(16,17)18/h9,12,19H,3-8,10-11H2,1-2H3. The van der Waals surface area contributed by atoms with Crippen LogP contribution in [0.3, 0.4) is 0 Å². The van der Waals surface area contributed by atoms with E-state index in [4.69, 9.17) is 0 Å². The smallest absolute Gasteiger partial charge is 0.349 e. The van der Waals surface area contributed by atoms with Crippen molar-refractivity contribution in [2.24, 2.45) is 5.92 Å². The predicted molar refractivity (Wildman–Crippen MR) is 88.0 cm³/mol. The Balaban J connectivity index is 1.70.